The van der Waals surface area contributed by atoms with Gasteiger partial charge in [0.1, 0.15) is 0 Å². The normalized spacial score (nSPS) is 32.0. The van der Waals surface area contributed by atoms with Crippen LogP contribution in [0.2, 0.25) is 5.02 Å². The molecule has 5 heteroatoms. The van der Waals surface area contributed by atoms with Crippen molar-refractivity contribution in [2.45, 2.75) is 32.1 Å². The van der Waals surface area contributed by atoms with Crippen LogP contribution in [0.15, 0.2) is 29.4 Å². The topological polar surface area (TPSA) is 50.7 Å². The molecule has 4 bridgehead atoms. The van der Waals surface area contributed by atoms with Gasteiger partial charge in [0.05, 0.1) is 16.4 Å². The molecule has 4 nitrogen and oxygen atoms in total. The Bertz CT molecular complexity index is 599. The number of carbonyl (C=O) groups excluding carboxylic acids is 1. The Kier molecular flexibility index (Phi) is 3.57. The summed E-state index contributed by atoms with van der Waals surface area (Å²) >= 11 is 6.01. The maximum atomic E-state index is 11.9. The van der Waals surface area contributed by atoms with Crippen LogP contribution in [0.4, 0.5) is 10.5 Å². The molecule has 5 rings (SSSR count). The SMILES string of the molecule is O=C(Nc1ccccc1Cl)ON=C1C2CC3CC(C2)CC1C3. The molecule has 0 radical (unpaired) electrons. The van der Waals surface area contributed by atoms with Crippen molar-refractivity contribution in [2.75, 3.05) is 5.32 Å². The van der Waals surface area contributed by atoms with Crippen molar-refractivity contribution in [3.8, 4) is 0 Å². The molecule has 116 valence electrons. The highest BCUT2D eigenvalue weighted by atomic mass is 35.5. The number of hydrogen-bond donors (Lipinski definition) is 1. The summed E-state index contributed by atoms with van der Waals surface area (Å²) in [6.07, 6.45) is 5.72. The molecule has 0 aromatic heterocycles. The van der Waals surface area contributed by atoms with E-state index in [1.807, 2.05) is 12.1 Å². The van der Waals surface area contributed by atoms with Gasteiger partial charge in [0, 0.05) is 11.8 Å². The van der Waals surface area contributed by atoms with E-state index in [-0.39, 0.29) is 0 Å². The van der Waals surface area contributed by atoms with Gasteiger partial charge in [-0.1, -0.05) is 28.9 Å². The maximum Gasteiger partial charge on any atom is 0.437 e. The van der Waals surface area contributed by atoms with Crippen molar-refractivity contribution in [3.63, 3.8) is 0 Å². The number of nitrogens with one attached hydrogen (secondary N) is 1. The van der Waals surface area contributed by atoms with E-state index in [9.17, 15) is 4.79 Å². The lowest BCUT2D eigenvalue weighted by Gasteiger charge is -2.49. The zero-order valence-corrected chi connectivity index (χ0v) is 13.1. The first kappa shape index (κ1) is 14.1. The smallest absolute Gasteiger partial charge is 0.298 e. The molecule has 22 heavy (non-hydrogen) atoms. The Morgan fingerprint density at radius 3 is 2.36 bits per heavy atom. The summed E-state index contributed by atoms with van der Waals surface area (Å²) < 4.78 is 0. The van der Waals surface area contributed by atoms with E-state index in [1.54, 1.807) is 12.1 Å². The highest BCUT2D eigenvalue weighted by Gasteiger charge is 2.46. The summed E-state index contributed by atoms with van der Waals surface area (Å²) in [5.41, 5.74) is 1.65. The van der Waals surface area contributed by atoms with Crippen molar-refractivity contribution in [2.24, 2.45) is 28.8 Å². The number of rotatable bonds is 2. The predicted octanol–water partition coefficient (Wildman–Crippen LogP) is 4.70. The average molecular weight is 319 g/mol. The van der Waals surface area contributed by atoms with Crippen LogP contribution >= 0.6 is 11.6 Å². The first-order valence-electron chi connectivity index (χ1n) is 7.99. The van der Waals surface area contributed by atoms with Crippen molar-refractivity contribution < 1.29 is 9.63 Å². The fraction of sp³-hybridized carbons (Fsp3) is 0.529. The Labute approximate surface area is 134 Å². The van der Waals surface area contributed by atoms with Crippen molar-refractivity contribution in [1.82, 2.24) is 0 Å². The number of halogens is 1. The molecular weight excluding hydrogens is 300 g/mol. The van der Waals surface area contributed by atoms with Crippen LogP contribution in [0.25, 0.3) is 0 Å². The second kappa shape index (κ2) is 5.58. The van der Waals surface area contributed by atoms with Gasteiger partial charge in [-0.25, -0.2) is 4.79 Å². The van der Waals surface area contributed by atoms with E-state index >= 15 is 0 Å². The van der Waals surface area contributed by atoms with Gasteiger partial charge in [0.25, 0.3) is 0 Å². The molecule has 0 heterocycles. The van der Waals surface area contributed by atoms with Gasteiger partial charge >= 0.3 is 6.09 Å². The Morgan fingerprint density at radius 2 is 1.73 bits per heavy atom. The van der Waals surface area contributed by atoms with Gasteiger partial charge in [0.15, 0.2) is 0 Å². The summed E-state index contributed by atoms with van der Waals surface area (Å²) in [4.78, 5) is 17.0. The number of amides is 1. The van der Waals surface area contributed by atoms with Gasteiger partial charge in [-0.3, -0.25) is 10.2 Å². The molecule has 1 aromatic carbocycles. The van der Waals surface area contributed by atoms with E-state index in [0.717, 1.165) is 17.5 Å². The number of benzene rings is 1. The van der Waals surface area contributed by atoms with Gasteiger partial charge in [-0.05, 0) is 56.1 Å². The molecule has 1 N–H and O–H groups in total. The van der Waals surface area contributed by atoms with Crippen molar-refractivity contribution in [3.05, 3.63) is 29.3 Å². The van der Waals surface area contributed by atoms with Crippen LogP contribution in [0.1, 0.15) is 32.1 Å². The third-order valence-electron chi connectivity index (χ3n) is 5.32. The molecule has 4 aliphatic carbocycles. The number of hydrogen-bond acceptors (Lipinski definition) is 3. The number of oxime groups is 1. The molecule has 0 saturated heterocycles. The zero-order chi connectivity index (χ0) is 15.1. The largest absolute Gasteiger partial charge is 0.437 e. The summed E-state index contributed by atoms with van der Waals surface area (Å²) in [7, 11) is 0. The fourth-order valence-electron chi connectivity index (χ4n) is 4.61. The van der Waals surface area contributed by atoms with Gasteiger partial charge < -0.3 is 0 Å². The van der Waals surface area contributed by atoms with Crippen LogP contribution in [-0.2, 0) is 4.84 Å². The highest BCUT2D eigenvalue weighted by molar-refractivity contribution is 6.33. The molecule has 0 aliphatic heterocycles. The molecule has 0 atom stereocenters. The van der Waals surface area contributed by atoms with Crippen LogP contribution in [-0.4, -0.2) is 11.8 Å². The molecule has 1 aromatic rings. The number of para-hydroxylation sites is 1. The summed E-state index contributed by atoms with van der Waals surface area (Å²) in [6.45, 7) is 0. The third-order valence-corrected chi connectivity index (χ3v) is 5.65. The van der Waals surface area contributed by atoms with E-state index in [0.29, 0.717) is 22.5 Å². The summed E-state index contributed by atoms with van der Waals surface area (Å²) in [5.74, 6) is 2.81. The number of carbonyl (C=O) groups is 1. The molecule has 4 saturated carbocycles. The van der Waals surface area contributed by atoms with Gasteiger partial charge in [-0.2, -0.15) is 0 Å². The first-order chi connectivity index (χ1) is 10.7. The Morgan fingerprint density at radius 1 is 1.09 bits per heavy atom. The monoisotopic (exact) mass is 318 g/mol. The van der Waals surface area contributed by atoms with Crippen molar-refractivity contribution in [1.29, 1.82) is 0 Å². The molecule has 0 unspecified atom stereocenters. The zero-order valence-electron chi connectivity index (χ0n) is 12.3. The van der Waals surface area contributed by atoms with Crippen molar-refractivity contribution >= 4 is 29.1 Å². The minimum absolute atomic E-state index is 0.488. The van der Waals surface area contributed by atoms with E-state index in [2.05, 4.69) is 10.5 Å². The van der Waals surface area contributed by atoms with Crippen LogP contribution in [0.5, 0.6) is 0 Å². The Hall–Kier alpha value is -1.55. The lowest BCUT2D eigenvalue weighted by atomic mass is 9.55. The number of anilines is 1. The van der Waals surface area contributed by atoms with E-state index < -0.39 is 6.09 Å². The maximum absolute atomic E-state index is 11.9. The van der Waals surface area contributed by atoms with E-state index in [4.69, 9.17) is 16.4 Å². The molecule has 0 spiro atoms. The number of nitrogens with zero attached hydrogens (tertiary/aromatic N) is 1. The van der Waals surface area contributed by atoms with Gasteiger partial charge in [0.2, 0.25) is 0 Å². The minimum Gasteiger partial charge on any atom is -0.298 e. The lowest BCUT2D eigenvalue weighted by Crippen LogP contribution is -2.45. The minimum atomic E-state index is -0.575. The molecule has 1 amide bonds. The quantitative estimate of drug-likeness (QED) is 0.634. The first-order valence-corrected chi connectivity index (χ1v) is 8.37. The third kappa shape index (κ3) is 2.60. The second-order valence-electron chi connectivity index (χ2n) is 6.80. The van der Waals surface area contributed by atoms with Crippen LogP contribution in [0, 0.1) is 23.7 Å². The lowest BCUT2D eigenvalue weighted by molar-refractivity contribution is 0.0999. The molecule has 4 aliphatic rings. The molecular formula is C17H19ClN2O2. The highest BCUT2D eigenvalue weighted by Crippen LogP contribution is 2.52. The second-order valence-corrected chi connectivity index (χ2v) is 7.21. The predicted molar refractivity (Wildman–Crippen MR) is 86.0 cm³/mol. The molecule has 4 fully saturated rings. The van der Waals surface area contributed by atoms with Crippen LogP contribution < -0.4 is 5.32 Å². The fourth-order valence-corrected chi connectivity index (χ4v) is 4.79. The standard InChI is InChI=1S/C17H19ClN2O2/c18-14-3-1-2-4-15(14)19-17(21)22-20-16-12-6-10-5-11(8-12)9-13(16)7-10/h1-4,10-13H,5-9H2,(H,19,21). The van der Waals surface area contributed by atoms with E-state index in [1.165, 1.54) is 32.1 Å². The summed E-state index contributed by atoms with van der Waals surface area (Å²) in [5, 5.41) is 7.33. The van der Waals surface area contributed by atoms with Crippen LogP contribution in [0.3, 0.4) is 0 Å². The summed E-state index contributed by atoms with van der Waals surface area (Å²) in [6, 6.07) is 7.08. The van der Waals surface area contributed by atoms with Gasteiger partial charge in [-0.15, -0.1) is 0 Å². The Balaban J connectivity index is 1.41. The average Bonchev–Trinajstić information content (AvgIpc) is 2.48.